The molecule has 2 heterocycles. The summed E-state index contributed by atoms with van der Waals surface area (Å²) >= 11 is 0. The molecule has 6 heteroatoms. The molecule has 0 atom stereocenters. The Morgan fingerprint density at radius 3 is 2.86 bits per heavy atom. The number of amides is 1. The van der Waals surface area contributed by atoms with Crippen molar-refractivity contribution in [2.24, 2.45) is 0 Å². The van der Waals surface area contributed by atoms with Crippen molar-refractivity contribution < 1.29 is 9.90 Å². The molecule has 1 aliphatic rings. The fourth-order valence-corrected chi connectivity index (χ4v) is 2.99. The SMILES string of the molecule is CC(=O)NCCCN1CCC(c2ccnn2CCO)CC1. The zero-order valence-corrected chi connectivity index (χ0v) is 12.8. The van der Waals surface area contributed by atoms with E-state index in [4.69, 9.17) is 5.11 Å². The molecule has 2 N–H and O–H groups in total. The number of hydrogen-bond donors (Lipinski definition) is 2. The lowest BCUT2D eigenvalue weighted by molar-refractivity contribution is -0.118. The van der Waals surface area contributed by atoms with Crippen molar-refractivity contribution in [3.63, 3.8) is 0 Å². The molecule has 0 radical (unpaired) electrons. The molecule has 1 aliphatic heterocycles. The van der Waals surface area contributed by atoms with Gasteiger partial charge < -0.3 is 15.3 Å². The van der Waals surface area contributed by atoms with Crippen LogP contribution in [0.25, 0.3) is 0 Å². The van der Waals surface area contributed by atoms with Crippen molar-refractivity contribution >= 4 is 5.91 Å². The molecule has 0 spiro atoms. The van der Waals surface area contributed by atoms with Crippen molar-refractivity contribution in [1.82, 2.24) is 20.0 Å². The smallest absolute Gasteiger partial charge is 0.216 e. The third-order valence-corrected chi connectivity index (χ3v) is 4.09. The molecule has 1 aromatic heterocycles. The summed E-state index contributed by atoms with van der Waals surface area (Å²) in [6, 6.07) is 2.08. The van der Waals surface area contributed by atoms with Gasteiger partial charge in [0.05, 0.1) is 13.2 Å². The molecule has 1 amide bonds. The van der Waals surface area contributed by atoms with Crippen LogP contribution in [0, 0.1) is 0 Å². The summed E-state index contributed by atoms with van der Waals surface area (Å²) in [6.45, 7) is 6.27. The van der Waals surface area contributed by atoms with E-state index in [1.54, 1.807) is 6.92 Å². The van der Waals surface area contributed by atoms with E-state index in [0.717, 1.165) is 45.4 Å². The van der Waals surface area contributed by atoms with Gasteiger partial charge in [-0.15, -0.1) is 0 Å². The third-order valence-electron chi connectivity index (χ3n) is 4.09. The summed E-state index contributed by atoms with van der Waals surface area (Å²) in [6.07, 6.45) is 5.10. The molecule has 6 nitrogen and oxygen atoms in total. The molecule has 0 saturated carbocycles. The predicted octanol–water partition coefficient (Wildman–Crippen LogP) is 0.581. The van der Waals surface area contributed by atoms with Gasteiger partial charge in [0.2, 0.25) is 5.91 Å². The van der Waals surface area contributed by atoms with Crippen LogP contribution in [0.3, 0.4) is 0 Å². The number of aliphatic hydroxyl groups excluding tert-OH is 1. The summed E-state index contributed by atoms with van der Waals surface area (Å²) in [4.78, 5) is 13.3. The number of likely N-dealkylation sites (tertiary alicyclic amines) is 1. The lowest BCUT2D eigenvalue weighted by Gasteiger charge is -2.32. The Hall–Kier alpha value is -1.40. The third kappa shape index (κ3) is 4.82. The summed E-state index contributed by atoms with van der Waals surface area (Å²) in [7, 11) is 0. The van der Waals surface area contributed by atoms with Gasteiger partial charge in [0.25, 0.3) is 0 Å². The minimum absolute atomic E-state index is 0.0471. The number of nitrogens with one attached hydrogen (secondary N) is 1. The highest BCUT2D eigenvalue weighted by Crippen LogP contribution is 2.27. The Kier molecular flexibility index (Phi) is 6.20. The first-order chi connectivity index (χ1) is 10.2. The Morgan fingerprint density at radius 2 is 2.19 bits per heavy atom. The number of aromatic nitrogens is 2. The van der Waals surface area contributed by atoms with Gasteiger partial charge in [-0.1, -0.05) is 0 Å². The van der Waals surface area contributed by atoms with Crippen molar-refractivity contribution in [3.8, 4) is 0 Å². The molecule has 0 aliphatic carbocycles. The second-order valence-corrected chi connectivity index (χ2v) is 5.66. The maximum Gasteiger partial charge on any atom is 0.216 e. The minimum Gasteiger partial charge on any atom is -0.394 e. The second-order valence-electron chi connectivity index (χ2n) is 5.66. The minimum atomic E-state index is 0.0471. The van der Waals surface area contributed by atoms with E-state index < -0.39 is 0 Å². The number of piperidine rings is 1. The molecule has 0 bridgehead atoms. The lowest BCUT2D eigenvalue weighted by atomic mass is 9.93. The van der Waals surface area contributed by atoms with Gasteiger partial charge in [0, 0.05) is 31.3 Å². The van der Waals surface area contributed by atoms with Gasteiger partial charge in [-0.25, -0.2) is 0 Å². The first-order valence-electron chi connectivity index (χ1n) is 7.80. The average molecular weight is 294 g/mol. The van der Waals surface area contributed by atoms with Gasteiger partial charge in [-0.05, 0) is 45.0 Å². The van der Waals surface area contributed by atoms with Gasteiger partial charge in [-0.3, -0.25) is 9.48 Å². The molecule has 0 unspecified atom stereocenters. The van der Waals surface area contributed by atoms with E-state index in [1.807, 2.05) is 10.9 Å². The molecule has 0 aromatic carbocycles. The number of carbonyl (C=O) groups is 1. The number of rotatable bonds is 7. The molecule has 1 fully saturated rings. The summed E-state index contributed by atoms with van der Waals surface area (Å²) in [5.41, 5.74) is 1.25. The van der Waals surface area contributed by atoms with Crippen molar-refractivity contribution in [1.29, 1.82) is 0 Å². The van der Waals surface area contributed by atoms with Crippen molar-refractivity contribution in [3.05, 3.63) is 18.0 Å². The number of nitrogens with zero attached hydrogens (tertiary/aromatic N) is 3. The molecular weight excluding hydrogens is 268 g/mol. The monoisotopic (exact) mass is 294 g/mol. The lowest BCUT2D eigenvalue weighted by Crippen LogP contribution is -2.35. The predicted molar refractivity (Wildman–Crippen MR) is 81.0 cm³/mol. The quantitative estimate of drug-likeness (QED) is 0.722. The van der Waals surface area contributed by atoms with Crippen LogP contribution in [0.1, 0.15) is 37.8 Å². The number of aliphatic hydroxyl groups is 1. The van der Waals surface area contributed by atoms with Gasteiger partial charge in [-0.2, -0.15) is 5.10 Å². The van der Waals surface area contributed by atoms with Gasteiger partial charge in [0.15, 0.2) is 0 Å². The Bertz CT molecular complexity index is 439. The van der Waals surface area contributed by atoms with E-state index in [1.165, 1.54) is 5.69 Å². The van der Waals surface area contributed by atoms with Crippen LogP contribution in [-0.2, 0) is 11.3 Å². The normalized spacial score (nSPS) is 17.0. The first-order valence-corrected chi connectivity index (χ1v) is 7.80. The molecule has 1 saturated heterocycles. The highest BCUT2D eigenvalue weighted by atomic mass is 16.3. The van der Waals surface area contributed by atoms with Crippen LogP contribution in [0.2, 0.25) is 0 Å². The zero-order valence-electron chi connectivity index (χ0n) is 12.8. The largest absolute Gasteiger partial charge is 0.394 e. The van der Waals surface area contributed by atoms with E-state index in [-0.39, 0.29) is 12.5 Å². The van der Waals surface area contributed by atoms with Crippen LogP contribution in [0.4, 0.5) is 0 Å². The maximum absolute atomic E-state index is 10.8. The van der Waals surface area contributed by atoms with E-state index in [2.05, 4.69) is 21.4 Å². The number of hydrogen-bond acceptors (Lipinski definition) is 4. The molecule has 21 heavy (non-hydrogen) atoms. The fraction of sp³-hybridized carbons (Fsp3) is 0.733. The van der Waals surface area contributed by atoms with Crippen molar-refractivity contribution in [2.45, 2.75) is 38.6 Å². The molecular formula is C15H26N4O2. The van der Waals surface area contributed by atoms with E-state index in [0.29, 0.717) is 12.5 Å². The maximum atomic E-state index is 10.8. The Balaban J connectivity index is 1.72. The first kappa shape index (κ1) is 16.0. The fourth-order valence-electron chi connectivity index (χ4n) is 2.99. The Labute approximate surface area is 126 Å². The van der Waals surface area contributed by atoms with Crippen LogP contribution in [0.15, 0.2) is 12.3 Å². The summed E-state index contributed by atoms with van der Waals surface area (Å²) in [5.74, 6) is 0.594. The zero-order chi connectivity index (χ0) is 15.1. The highest BCUT2D eigenvalue weighted by Gasteiger charge is 2.22. The van der Waals surface area contributed by atoms with Crippen molar-refractivity contribution in [2.75, 3.05) is 32.8 Å². The molecule has 2 rings (SSSR count). The molecule has 118 valence electrons. The second kappa shape index (κ2) is 8.14. The van der Waals surface area contributed by atoms with E-state index in [9.17, 15) is 4.79 Å². The average Bonchev–Trinajstić information content (AvgIpc) is 2.93. The summed E-state index contributed by atoms with van der Waals surface area (Å²) < 4.78 is 1.93. The van der Waals surface area contributed by atoms with E-state index >= 15 is 0 Å². The van der Waals surface area contributed by atoms with Gasteiger partial charge >= 0.3 is 0 Å². The topological polar surface area (TPSA) is 70.4 Å². The van der Waals surface area contributed by atoms with Crippen LogP contribution < -0.4 is 5.32 Å². The molecule has 1 aromatic rings. The summed E-state index contributed by atoms with van der Waals surface area (Å²) in [5, 5.41) is 16.2. The highest BCUT2D eigenvalue weighted by molar-refractivity contribution is 5.72. The standard InChI is InChI=1S/C15H26N4O2/c1-13(21)16-6-2-8-18-9-4-14(5-10-18)15-3-7-17-19(15)11-12-20/h3,7,14,20H,2,4-6,8-12H2,1H3,(H,16,21). The van der Waals surface area contributed by atoms with Crippen LogP contribution >= 0.6 is 0 Å². The Morgan fingerprint density at radius 1 is 1.43 bits per heavy atom. The van der Waals surface area contributed by atoms with Crippen LogP contribution in [-0.4, -0.2) is 58.5 Å². The van der Waals surface area contributed by atoms with Crippen LogP contribution in [0.5, 0.6) is 0 Å². The number of carbonyl (C=O) groups excluding carboxylic acids is 1. The van der Waals surface area contributed by atoms with Gasteiger partial charge in [0.1, 0.15) is 0 Å².